The minimum atomic E-state index is 0.509. The molecule has 7 heteroatoms. The third-order valence-electron chi connectivity index (χ3n) is 2.59. The zero-order chi connectivity index (χ0) is 13.7. The Hall–Kier alpha value is -1.47. The molecule has 0 unspecified atom stereocenters. The van der Waals surface area contributed by atoms with Gasteiger partial charge < -0.3 is 9.13 Å². The first kappa shape index (κ1) is 14.0. The molecule has 102 valence electrons. The van der Waals surface area contributed by atoms with Crippen molar-refractivity contribution < 1.29 is 0 Å². The number of thiazole rings is 2. The minimum absolute atomic E-state index is 0.509. The Balaban J connectivity index is 2.44. The van der Waals surface area contributed by atoms with Gasteiger partial charge in [0.05, 0.1) is 0 Å². The largest absolute Gasteiger partial charge is 0.324 e. The summed E-state index contributed by atoms with van der Waals surface area (Å²) in [5.41, 5.74) is 0. The van der Waals surface area contributed by atoms with E-state index in [0.717, 1.165) is 22.7 Å². The molecule has 0 amide bonds. The maximum atomic E-state index is 4.52. The smallest absolute Gasteiger partial charge is 0.249 e. The van der Waals surface area contributed by atoms with Crippen LogP contribution in [0.1, 0.15) is 13.8 Å². The molecule has 0 radical (unpaired) electrons. The van der Waals surface area contributed by atoms with E-state index in [1.165, 1.54) is 0 Å². The minimum Gasteiger partial charge on any atom is -0.324 e. The molecule has 0 bridgehead atoms. The molecule has 0 aromatic carbocycles. The second-order valence-electron chi connectivity index (χ2n) is 3.69. The van der Waals surface area contributed by atoms with Crippen LogP contribution >= 0.6 is 22.7 Å². The molecule has 2 aromatic heterocycles. The number of aryl methyl sites for hydroxylation is 2. The molecule has 19 heavy (non-hydrogen) atoms. The Bertz CT molecular complexity index is 627. The lowest BCUT2D eigenvalue weighted by Crippen LogP contribution is -2.18. The van der Waals surface area contributed by atoms with Crippen LogP contribution in [0.5, 0.6) is 0 Å². The molecule has 0 spiro atoms. The van der Waals surface area contributed by atoms with E-state index in [2.05, 4.69) is 38.0 Å². The Morgan fingerprint density at radius 2 is 1.47 bits per heavy atom. The number of rotatable bonds is 2. The lowest BCUT2D eigenvalue weighted by atomic mass is 10.7. The maximum Gasteiger partial charge on any atom is 0.249 e. The zero-order valence-electron chi connectivity index (χ0n) is 11.3. The van der Waals surface area contributed by atoms with E-state index >= 15 is 0 Å². The standard InChI is InChI=1S/C12H17N5S2/c1-4-16-6-8-18-11(16)14-10(13-3)15-12-17(5-2)7-9-19-12/h6-9H,4-5H2,1-3H3/b13-10?,14-11-,15-12+. The number of guanidine groups is 1. The van der Waals surface area contributed by atoms with Crippen LogP contribution in [0.4, 0.5) is 0 Å². The molecule has 0 aliphatic rings. The van der Waals surface area contributed by atoms with Gasteiger partial charge in [-0.25, -0.2) is 0 Å². The highest BCUT2D eigenvalue weighted by molar-refractivity contribution is 7.07. The summed E-state index contributed by atoms with van der Waals surface area (Å²) in [6, 6.07) is 0. The summed E-state index contributed by atoms with van der Waals surface area (Å²) < 4.78 is 4.15. The number of nitrogens with zero attached hydrogens (tertiary/aromatic N) is 5. The summed E-state index contributed by atoms with van der Waals surface area (Å²) in [6.07, 6.45) is 4.04. The van der Waals surface area contributed by atoms with Crippen LogP contribution in [0.3, 0.4) is 0 Å². The topological polar surface area (TPSA) is 46.9 Å². The molecule has 0 aliphatic carbocycles. The van der Waals surface area contributed by atoms with Gasteiger partial charge in [0.1, 0.15) is 0 Å². The quantitative estimate of drug-likeness (QED) is 0.600. The first-order valence-corrected chi connectivity index (χ1v) is 7.88. The van der Waals surface area contributed by atoms with Crippen LogP contribution in [-0.2, 0) is 13.1 Å². The van der Waals surface area contributed by atoms with Crippen molar-refractivity contribution in [3.8, 4) is 0 Å². The van der Waals surface area contributed by atoms with Crippen LogP contribution in [0.2, 0.25) is 0 Å². The van der Waals surface area contributed by atoms with Crippen LogP contribution in [-0.4, -0.2) is 22.1 Å². The number of hydrogen-bond donors (Lipinski definition) is 0. The van der Waals surface area contributed by atoms with Gasteiger partial charge in [-0.15, -0.1) is 22.7 Å². The Kier molecular flexibility index (Phi) is 4.86. The van der Waals surface area contributed by atoms with Gasteiger partial charge in [-0.05, 0) is 13.8 Å². The first-order valence-electron chi connectivity index (χ1n) is 6.12. The molecule has 0 N–H and O–H groups in total. The van der Waals surface area contributed by atoms with E-state index in [4.69, 9.17) is 0 Å². The average Bonchev–Trinajstić information content (AvgIpc) is 3.06. The fraction of sp³-hybridized carbons (Fsp3) is 0.417. The second-order valence-corrected chi connectivity index (χ2v) is 5.44. The molecule has 2 rings (SSSR count). The van der Waals surface area contributed by atoms with Gasteiger partial charge in [-0.3, -0.25) is 4.99 Å². The SMILES string of the molecule is CCn1ccs/c1=N\C(=NC)/N=c1/sccn1CC. The van der Waals surface area contributed by atoms with E-state index < -0.39 is 0 Å². The van der Waals surface area contributed by atoms with Crippen molar-refractivity contribution in [3.63, 3.8) is 0 Å². The van der Waals surface area contributed by atoms with Gasteiger partial charge in [0.15, 0.2) is 9.60 Å². The third kappa shape index (κ3) is 3.30. The molecule has 0 fully saturated rings. The van der Waals surface area contributed by atoms with E-state index in [-0.39, 0.29) is 0 Å². The fourth-order valence-electron chi connectivity index (χ4n) is 1.55. The monoisotopic (exact) mass is 295 g/mol. The van der Waals surface area contributed by atoms with Crippen molar-refractivity contribution in [2.24, 2.45) is 15.0 Å². The van der Waals surface area contributed by atoms with Gasteiger partial charge in [0.2, 0.25) is 5.96 Å². The highest BCUT2D eigenvalue weighted by Crippen LogP contribution is 1.93. The van der Waals surface area contributed by atoms with Crippen molar-refractivity contribution in [2.45, 2.75) is 26.9 Å². The van der Waals surface area contributed by atoms with Crippen LogP contribution < -0.4 is 9.60 Å². The molecule has 2 aromatic rings. The summed E-state index contributed by atoms with van der Waals surface area (Å²) in [7, 11) is 1.72. The number of aromatic nitrogens is 2. The van der Waals surface area contributed by atoms with Crippen LogP contribution in [0.15, 0.2) is 38.1 Å². The van der Waals surface area contributed by atoms with Gasteiger partial charge in [-0.1, -0.05) is 0 Å². The molecular weight excluding hydrogens is 278 g/mol. The lowest BCUT2D eigenvalue weighted by molar-refractivity contribution is 0.733. The number of hydrogen-bond acceptors (Lipinski definition) is 3. The summed E-state index contributed by atoms with van der Waals surface area (Å²) in [4.78, 5) is 15.0. The molecule has 0 aliphatic heterocycles. The van der Waals surface area contributed by atoms with E-state index in [1.54, 1.807) is 29.7 Å². The summed E-state index contributed by atoms with van der Waals surface area (Å²) in [5, 5.41) is 4.04. The molecule has 5 nitrogen and oxygen atoms in total. The van der Waals surface area contributed by atoms with Crippen molar-refractivity contribution in [3.05, 3.63) is 32.8 Å². The van der Waals surface area contributed by atoms with Gasteiger partial charge in [-0.2, -0.15) is 9.98 Å². The average molecular weight is 295 g/mol. The summed E-state index contributed by atoms with van der Waals surface area (Å²) in [6.45, 7) is 5.98. The van der Waals surface area contributed by atoms with Gasteiger partial charge in [0, 0.05) is 43.3 Å². The van der Waals surface area contributed by atoms with Crippen molar-refractivity contribution in [1.29, 1.82) is 0 Å². The molecule has 0 saturated heterocycles. The normalized spacial score (nSPS) is 14.4. The van der Waals surface area contributed by atoms with E-state index in [0.29, 0.717) is 5.96 Å². The van der Waals surface area contributed by atoms with E-state index in [9.17, 15) is 0 Å². The molecular formula is C12H17N5S2. The fourth-order valence-corrected chi connectivity index (χ4v) is 3.13. The summed E-state index contributed by atoms with van der Waals surface area (Å²) in [5.74, 6) is 0.509. The van der Waals surface area contributed by atoms with Crippen LogP contribution in [0.25, 0.3) is 0 Å². The van der Waals surface area contributed by atoms with Crippen LogP contribution in [0, 0.1) is 0 Å². The van der Waals surface area contributed by atoms with E-state index in [1.807, 2.05) is 23.2 Å². The van der Waals surface area contributed by atoms with Crippen molar-refractivity contribution in [2.75, 3.05) is 7.05 Å². The Morgan fingerprint density at radius 3 is 1.84 bits per heavy atom. The highest BCUT2D eigenvalue weighted by Gasteiger charge is 1.98. The first-order chi connectivity index (χ1) is 9.28. The van der Waals surface area contributed by atoms with Crippen molar-refractivity contribution in [1.82, 2.24) is 9.13 Å². The van der Waals surface area contributed by atoms with Gasteiger partial charge >= 0.3 is 0 Å². The Morgan fingerprint density at radius 1 is 1.00 bits per heavy atom. The lowest BCUT2D eigenvalue weighted by Gasteiger charge is -1.97. The zero-order valence-corrected chi connectivity index (χ0v) is 12.9. The third-order valence-corrected chi connectivity index (χ3v) is 4.18. The predicted molar refractivity (Wildman–Crippen MR) is 80.5 cm³/mol. The molecule has 0 saturated carbocycles. The second kappa shape index (κ2) is 6.63. The number of aliphatic imine (C=N–C) groups is 1. The maximum absolute atomic E-state index is 4.52. The predicted octanol–water partition coefficient (Wildman–Crippen LogP) is 1.94. The van der Waals surface area contributed by atoms with Crippen molar-refractivity contribution >= 4 is 28.6 Å². The summed E-state index contributed by atoms with van der Waals surface area (Å²) >= 11 is 3.18. The molecule has 2 heterocycles. The highest BCUT2D eigenvalue weighted by atomic mass is 32.1. The Labute approximate surface area is 120 Å². The molecule has 0 atom stereocenters. The van der Waals surface area contributed by atoms with Gasteiger partial charge in [0.25, 0.3) is 0 Å².